The molecule has 1 atom stereocenters. The van der Waals surface area contributed by atoms with Crippen LogP contribution in [0.15, 0.2) is 0 Å². The van der Waals surface area contributed by atoms with E-state index in [4.69, 9.17) is 16.3 Å². The number of nitrogens with zero attached hydrogens (tertiary/aromatic N) is 1. The van der Waals surface area contributed by atoms with Gasteiger partial charge < -0.3 is 9.30 Å². The van der Waals surface area contributed by atoms with Crippen LogP contribution in [0.4, 0.5) is 0 Å². The van der Waals surface area contributed by atoms with E-state index in [1.54, 1.807) is 7.11 Å². The lowest BCUT2D eigenvalue weighted by molar-refractivity contribution is 0.112. The molecule has 0 aliphatic carbocycles. The highest BCUT2D eigenvalue weighted by Gasteiger charge is 2.21. The van der Waals surface area contributed by atoms with E-state index in [0.717, 1.165) is 30.6 Å². The van der Waals surface area contributed by atoms with E-state index in [0.29, 0.717) is 23.1 Å². The normalized spacial score (nSPS) is 12.8. The van der Waals surface area contributed by atoms with Crippen molar-refractivity contribution in [3.63, 3.8) is 0 Å². The zero-order valence-electron chi connectivity index (χ0n) is 10.9. The molecule has 1 unspecified atom stereocenters. The molecule has 3 nitrogen and oxygen atoms in total. The van der Waals surface area contributed by atoms with Crippen molar-refractivity contribution >= 4 is 17.9 Å². The molecule has 0 spiro atoms. The van der Waals surface area contributed by atoms with E-state index in [9.17, 15) is 4.79 Å². The zero-order valence-corrected chi connectivity index (χ0v) is 11.7. The van der Waals surface area contributed by atoms with Gasteiger partial charge in [-0.25, -0.2) is 0 Å². The number of hydrogen-bond acceptors (Lipinski definition) is 2. The summed E-state index contributed by atoms with van der Waals surface area (Å²) in [6.45, 7) is 7.52. The fraction of sp³-hybridized carbons (Fsp3) is 0.615. The maximum atomic E-state index is 11.1. The van der Waals surface area contributed by atoms with Crippen molar-refractivity contribution in [1.82, 2.24) is 4.57 Å². The summed E-state index contributed by atoms with van der Waals surface area (Å²) in [7, 11) is 1.67. The maximum Gasteiger partial charge on any atom is 0.153 e. The van der Waals surface area contributed by atoms with Crippen molar-refractivity contribution < 1.29 is 9.53 Å². The van der Waals surface area contributed by atoms with Crippen LogP contribution in [-0.2, 0) is 11.3 Å². The molecule has 96 valence electrons. The summed E-state index contributed by atoms with van der Waals surface area (Å²) in [5.41, 5.74) is 2.58. The molecule has 0 aromatic carbocycles. The first-order chi connectivity index (χ1) is 8.08. The first-order valence-electron chi connectivity index (χ1n) is 5.91. The summed E-state index contributed by atoms with van der Waals surface area (Å²) < 4.78 is 7.20. The van der Waals surface area contributed by atoms with Gasteiger partial charge in [-0.05, 0) is 19.3 Å². The predicted molar refractivity (Wildman–Crippen MR) is 70.1 cm³/mol. The molecule has 1 rings (SSSR count). The number of halogens is 1. The number of aromatic nitrogens is 1. The lowest BCUT2D eigenvalue weighted by Crippen LogP contribution is -2.11. The lowest BCUT2D eigenvalue weighted by Gasteiger charge is -2.15. The Labute approximate surface area is 108 Å². The van der Waals surface area contributed by atoms with Crippen molar-refractivity contribution in [3.8, 4) is 0 Å². The van der Waals surface area contributed by atoms with E-state index >= 15 is 0 Å². The second-order valence-electron chi connectivity index (χ2n) is 4.27. The van der Waals surface area contributed by atoms with Crippen LogP contribution in [0.3, 0.4) is 0 Å². The van der Waals surface area contributed by atoms with Crippen molar-refractivity contribution in [2.75, 3.05) is 13.7 Å². The Kier molecular flexibility index (Phi) is 5.22. The lowest BCUT2D eigenvalue weighted by atomic mass is 10.0. The fourth-order valence-electron chi connectivity index (χ4n) is 2.02. The summed E-state index contributed by atoms with van der Waals surface area (Å²) in [4.78, 5) is 11.1. The average molecular weight is 258 g/mol. The monoisotopic (exact) mass is 257 g/mol. The highest BCUT2D eigenvalue weighted by Crippen LogP contribution is 2.33. The minimum absolute atomic E-state index is 0.340. The van der Waals surface area contributed by atoms with E-state index in [-0.39, 0.29) is 0 Å². The molecular formula is C13H20ClNO2. The average Bonchev–Trinajstić information content (AvgIpc) is 2.56. The molecule has 4 heteroatoms. The minimum atomic E-state index is 0.340. The molecule has 0 saturated carbocycles. The van der Waals surface area contributed by atoms with Gasteiger partial charge in [-0.1, -0.05) is 25.4 Å². The number of rotatable bonds is 6. The van der Waals surface area contributed by atoms with Crippen LogP contribution in [-0.4, -0.2) is 24.6 Å². The van der Waals surface area contributed by atoms with E-state index in [1.807, 2.05) is 6.92 Å². The Morgan fingerprint density at radius 2 is 2.18 bits per heavy atom. The van der Waals surface area contributed by atoms with E-state index in [2.05, 4.69) is 18.4 Å². The molecule has 0 fully saturated rings. The Bertz CT molecular complexity index is 399. The topological polar surface area (TPSA) is 31.2 Å². The molecule has 1 aromatic heterocycles. The summed E-state index contributed by atoms with van der Waals surface area (Å²) in [6, 6.07) is 0. The number of hydrogen-bond donors (Lipinski definition) is 0. The highest BCUT2D eigenvalue weighted by atomic mass is 35.5. The first kappa shape index (κ1) is 14.3. The predicted octanol–water partition coefficient (Wildman–Crippen LogP) is 3.42. The van der Waals surface area contributed by atoms with Crippen LogP contribution in [0.1, 0.15) is 47.9 Å². The van der Waals surface area contributed by atoms with Crippen molar-refractivity contribution in [3.05, 3.63) is 22.0 Å². The van der Waals surface area contributed by atoms with Gasteiger partial charge in [-0.3, -0.25) is 4.79 Å². The van der Waals surface area contributed by atoms with Gasteiger partial charge in [0.25, 0.3) is 0 Å². The van der Waals surface area contributed by atoms with Crippen LogP contribution in [0, 0.1) is 6.92 Å². The SMILES string of the molecule is CCC(C)c1c(Cl)c(C=O)c(C)n1CCOC. The van der Waals surface area contributed by atoms with Gasteiger partial charge in [-0.2, -0.15) is 0 Å². The molecule has 0 radical (unpaired) electrons. The molecule has 1 heterocycles. The third-order valence-electron chi connectivity index (χ3n) is 3.26. The summed E-state index contributed by atoms with van der Waals surface area (Å²) in [5.74, 6) is 0.340. The second kappa shape index (κ2) is 6.22. The minimum Gasteiger partial charge on any atom is -0.383 e. The molecule has 0 aliphatic heterocycles. The van der Waals surface area contributed by atoms with E-state index < -0.39 is 0 Å². The summed E-state index contributed by atoms with van der Waals surface area (Å²) >= 11 is 6.29. The smallest absolute Gasteiger partial charge is 0.153 e. The first-order valence-corrected chi connectivity index (χ1v) is 6.28. The third-order valence-corrected chi connectivity index (χ3v) is 3.66. The van der Waals surface area contributed by atoms with Gasteiger partial charge >= 0.3 is 0 Å². The van der Waals surface area contributed by atoms with Gasteiger partial charge in [-0.15, -0.1) is 0 Å². The molecule has 0 saturated heterocycles. The molecule has 0 N–H and O–H groups in total. The molecule has 0 aliphatic rings. The highest BCUT2D eigenvalue weighted by molar-refractivity contribution is 6.34. The van der Waals surface area contributed by atoms with Crippen LogP contribution in [0.25, 0.3) is 0 Å². The van der Waals surface area contributed by atoms with Crippen molar-refractivity contribution in [1.29, 1.82) is 0 Å². The van der Waals surface area contributed by atoms with Crippen molar-refractivity contribution in [2.24, 2.45) is 0 Å². The van der Waals surface area contributed by atoms with Crippen molar-refractivity contribution in [2.45, 2.75) is 39.7 Å². The maximum absolute atomic E-state index is 11.1. The number of ether oxygens (including phenoxy) is 1. The Balaban J connectivity index is 3.27. The Morgan fingerprint density at radius 3 is 2.65 bits per heavy atom. The Morgan fingerprint density at radius 1 is 1.53 bits per heavy atom. The number of aldehydes is 1. The zero-order chi connectivity index (χ0) is 13.0. The number of carbonyl (C=O) groups excluding carboxylic acids is 1. The van der Waals surface area contributed by atoms with Crippen LogP contribution in [0.5, 0.6) is 0 Å². The molecular weight excluding hydrogens is 238 g/mol. The van der Waals surface area contributed by atoms with Crippen LogP contribution >= 0.6 is 11.6 Å². The van der Waals surface area contributed by atoms with Crippen LogP contribution in [0.2, 0.25) is 5.02 Å². The van der Waals surface area contributed by atoms with Gasteiger partial charge in [0.05, 0.1) is 17.2 Å². The molecule has 0 bridgehead atoms. The summed E-state index contributed by atoms with van der Waals surface area (Å²) in [5, 5.41) is 0.600. The number of carbonyl (C=O) groups is 1. The Hall–Kier alpha value is -0.800. The molecule has 0 amide bonds. The summed E-state index contributed by atoms with van der Waals surface area (Å²) in [6.07, 6.45) is 1.83. The standard InChI is InChI=1S/C13H20ClNO2/c1-5-9(2)13-12(14)11(8-16)10(3)15(13)6-7-17-4/h8-9H,5-7H2,1-4H3. The van der Waals surface area contributed by atoms with Gasteiger partial charge in [0.15, 0.2) is 6.29 Å². The second-order valence-corrected chi connectivity index (χ2v) is 4.65. The van der Waals surface area contributed by atoms with Gasteiger partial charge in [0, 0.05) is 25.0 Å². The van der Waals surface area contributed by atoms with E-state index in [1.165, 1.54) is 0 Å². The fourth-order valence-corrected chi connectivity index (χ4v) is 2.49. The third kappa shape index (κ3) is 2.72. The van der Waals surface area contributed by atoms with Gasteiger partial charge in [0.1, 0.15) is 0 Å². The molecule has 17 heavy (non-hydrogen) atoms. The molecule has 1 aromatic rings. The van der Waals surface area contributed by atoms with Gasteiger partial charge in [0.2, 0.25) is 0 Å². The quantitative estimate of drug-likeness (QED) is 0.731. The van der Waals surface area contributed by atoms with Crippen LogP contribution < -0.4 is 0 Å². The number of methoxy groups -OCH3 is 1. The largest absolute Gasteiger partial charge is 0.383 e.